The number of fused-ring (bicyclic) bond motifs is 1. The van der Waals surface area contributed by atoms with Crippen LogP contribution in [0, 0.1) is 0 Å². The van der Waals surface area contributed by atoms with E-state index in [1.807, 2.05) is 25.1 Å². The van der Waals surface area contributed by atoms with Gasteiger partial charge in [-0.1, -0.05) is 22.0 Å². The molecule has 1 N–H and O–H groups in total. The predicted molar refractivity (Wildman–Crippen MR) is 54.8 cm³/mol. The zero-order valence-corrected chi connectivity index (χ0v) is 8.89. The second kappa shape index (κ2) is 3.14. The third kappa shape index (κ3) is 1.48. The first-order valence-corrected chi connectivity index (χ1v) is 5.06. The molecule has 1 unspecified atom stereocenters. The number of benzene rings is 1. The van der Waals surface area contributed by atoms with Crippen molar-refractivity contribution in [2.24, 2.45) is 0 Å². The smallest absolute Gasteiger partial charge is 0.251 e. The van der Waals surface area contributed by atoms with Gasteiger partial charge in [-0.25, -0.2) is 0 Å². The van der Waals surface area contributed by atoms with Crippen molar-refractivity contribution < 1.29 is 4.79 Å². The topological polar surface area (TPSA) is 29.1 Å². The van der Waals surface area contributed by atoms with Crippen LogP contribution in [0.2, 0.25) is 0 Å². The Labute approximate surface area is 85.5 Å². The lowest BCUT2D eigenvalue weighted by Gasteiger charge is -2.23. The number of hydrogen-bond donors (Lipinski definition) is 1. The van der Waals surface area contributed by atoms with Crippen LogP contribution < -0.4 is 5.32 Å². The van der Waals surface area contributed by atoms with Crippen LogP contribution in [0.1, 0.15) is 22.8 Å². The highest BCUT2D eigenvalue weighted by atomic mass is 79.9. The molecule has 0 aliphatic carbocycles. The number of hydrogen-bond acceptors (Lipinski definition) is 1. The minimum Gasteiger partial charge on any atom is -0.349 e. The summed E-state index contributed by atoms with van der Waals surface area (Å²) in [7, 11) is 0. The Morgan fingerprint density at radius 3 is 3.08 bits per heavy atom. The van der Waals surface area contributed by atoms with E-state index in [4.69, 9.17) is 0 Å². The van der Waals surface area contributed by atoms with Gasteiger partial charge in [0.2, 0.25) is 0 Å². The summed E-state index contributed by atoms with van der Waals surface area (Å²) in [6, 6.07) is 5.96. The number of halogens is 1. The fourth-order valence-corrected chi connectivity index (χ4v) is 2.17. The molecule has 0 aromatic heterocycles. The number of carbonyl (C=O) groups is 1. The molecule has 1 aliphatic heterocycles. The second-order valence-electron chi connectivity index (χ2n) is 3.34. The fraction of sp³-hybridized carbons (Fsp3) is 0.300. The number of carbonyl (C=O) groups excluding carboxylic acids is 1. The first-order valence-electron chi connectivity index (χ1n) is 4.26. The van der Waals surface area contributed by atoms with E-state index in [0.29, 0.717) is 0 Å². The highest BCUT2D eigenvalue weighted by Gasteiger charge is 2.22. The van der Waals surface area contributed by atoms with Crippen LogP contribution in [-0.2, 0) is 6.42 Å². The largest absolute Gasteiger partial charge is 0.349 e. The van der Waals surface area contributed by atoms with Crippen molar-refractivity contribution in [2.45, 2.75) is 19.4 Å². The Kier molecular flexibility index (Phi) is 2.12. The lowest BCUT2D eigenvalue weighted by molar-refractivity contribution is 0.0929. The van der Waals surface area contributed by atoms with Crippen LogP contribution in [-0.4, -0.2) is 11.9 Å². The maximum atomic E-state index is 11.5. The van der Waals surface area contributed by atoms with Gasteiger partial charge in [-0.3, -0.25) is 4.79 Å². The number of rotatable bonds is 0. The van der Waals surface area contributed by atoms with E-state index in [2.05, 4.69) is 21.2 Å². The van der Waals surface area contributed by atoms with Gasteiger partial charge in [-0.15, -0.1) is 0 Å². The molecule has 2 rings (SSSR count). The van der Waals surface area contributed by atoms with Crippen molar-refractivity contribution in [2.75, 3.05) is 0 Å². The molecule has 0 saturated carbocycles. The zero-order valence-electron chi connectivity index (χ0n) is 7.30. The molecule has 2 nitrogen and oxygen atoms in total. The molecule has 1 aromatic rings. The molecular formula is C10H10BrNO. The summed E-state index contributed by atoms with van der Waals surface area (Å²) in [5, 5.41) is 2.90. The molecule has 68 valence electrons. The van der Waals surface area contributed by atoms with Crippen molar-refractivity contribution in [3.05, 3.63) is 33.8 Å². The highest BCUT2D eigenvalue weighted by Crippen LogP contribution is 2.24. The molecule has 0 spiro atoms. The van der Waals surface area contributed by atoms with Crippen LogP contribution in [0.3, 0.4) is 0 Å². The molecule has 1 aliphatic rings. The summed E-state index contributed by atoms with van der Waals surface area (Å²) < 4.78 is 1.03. The Bertz CT molecular complexity index is 362. The van der Waals surface area contributed by atoms with E-state index >= 15 is 0 Å². The first kappa shape index (κ1) is 8.75. The van der Waals surface area contributed by atoms with Crippen molar-refractivity contribution in [3.8, 4) is 0 Å². The van der Waals surface area contributed by atoms with Gasteiger partial charge < -0.3 is 5.32 Å². The van der Waals surface area contributed by atoms with Gasteiger partial charge in [0.1, 0.15) is 0 Å². The van der Waals surface area contributed by atoms with Gasteiger partial charge in [0.25, 0.3) is 5.91 Å². The maximum Gasteiger partial charge on any atom is 0.251 e. The number of amides is 1. The summed E-state index contributed by atoms with van der Waals surface area (Å²) in [5.41, 5.74) is 1.92. The summed E-state index contributed by atoms with van der Waals surface area (Å²) >= 11 is 3.46. The van der Waals surface area contributed by atoms with Crippen molar-refractivity contribution >= 4 is 21.8 Å². The molecule has 0 radical (unpaired) electrons. The van der Waals surface area contributed by atoms with E-state index in [9.17, 15) is 4.79 Å². The average Bonchev–Trinajstić information content (AvgIpc) is 2.07. The van der Waals surface area contributed by atoms with Crippen LogP contribution in [0.15, 0.2) is 22.7 Å². The van der Waals surface area contributed by atoms with E-state index < -0.39 is 0 Å². The van der Waals surface area contributed by atoms with Gasteiger partial charge in [0.05, 0.1) is 0 Å². The molecule has 1 heterocycles. The molecule has 0 bridgehead atoms. The van der Waals surface area contributed by atoms with E-state index in [-0.39, 0.29) is 11.9 Å². The van der Waals surface area contributed by atoms with Crippen molar-refractivity contribution in [1.29, 1.82) is 0 Å². The van der Waals surface area contributed by atoms with Gasteiger partial charge in [0.15, 0.2) is 0 Å². The third-order valence-corrected chi connectivity index (χ3v) is 2.99. The van der Waals surface area contributed by atoms with Crippen molar-refractivity contribution in [1.82, 2.24) is 5.32 Å². The van der Waals surface area contributed by atoms with Crippen LogP contribution in [0.4, 0.5) is 0 Å². The lowest BCUT2D eigenvalue weighted by atomic mass is 9.96. The van der Waals surface area contributed by atoms with E-state index in [1.54, 1.807) is 0 Å². The maximum absolute atomic E-state index is 11.5. The predicted octanol–water partition coefficient (Wildman–Crippen LogP) is 2.12. The van der Waals surface area contributed by atoms with Crippen LogP contribution >= 0.6 is 15.9 Å². The lowest BCUT2D eigenvalue weighted by Crippen LogP contribution is -2.39. The Balaban J connectivity index is 2.55. The summed E-state index contributed by atoms with van der Waals surface area (Å²) in [6.45, 7) is 2.01. The SMILES string of the molecule is CC1Cc2c(Br)cccc2C(=O)N1. The molecule has 1 atom stereocenters. The molecular weight excluding hydrogens is 230 g/mol. The molecule has 1 amide bonds. The molecule has 0 fully saturated rings. The van der Waals surface area contributed by atoms with Gasteiger partial charge >= 0.3 is 0 Å². The normalized spacial score (nSPS) is 20.8. The van der Waals surface area contributed by atoms with Crippen molar-refractivity contribution in [3.63, 3.8) is 0 Å². The molecule has 0 saturated heterocycles. The summed E-state index contributed by atoms with van der Waals surface area (Å²) in [6.07, 6.45) is 0.905. The van der Waals surface area contributed by atoms with E-state index in [0.717, 1.165) is 22.0 Å². The van der Waals surface area contributed by atoms with Crippen LogP contribution in [0.5, 0.6) is 0 Å². The fourth-order valence-electron chi connectivity index (χ4n) is 1.64. The third-order valence-electron chi connectivity index (χ3n) is 2.25. The Morgan fingerprint density at radius 1 is 1.54 bits per heavy atom. The second-order valence-corrected chi connectivity index (χ2v) is 4.20. The molecule has 13 heavy (non-hydrogen) atoms. The van der Waals surface area contributed by atoms with E-state index in [1.165, 1.54) is 0 Å². The molecule has 3 heteroatoms. The Hall–Kier alpha value is -0.830. The summed E-state index contributed by atoms with van der Waals surface area (Å²) in [5.74, 6) is 0.0371. The number of nitrogens with one attached hydrogen (secondary N) is 1. The minimum atomic E-state index is 0.0371. The zero-order chi connectivity index (χ0) is 9.42. The highest BCUT2D eigenvalue weighted by molar-refractivity contribution is 9.10. The summed E-state index contributed by atoms with van der Waals surface area (Å²) in [4.78, 5) is 11.5. The monoisotopic (exact) mass is 239 g/mol. The molecule has 1 aromatic carbocycles. The average molecular weight is 240 g/mol. The quantitative estimate of drug-likeness (QED) is 0.739. The minimum absolute atomic E-state index is 0.0371. The first-order chi connectivity index (χ1) is 6.18. The van der Waals surface area contributed by atoms with Crippen LogP contribution in [0.25, 0.3) is 0 Å². The van der Waals surface area contributed by atoms with Gasteiger partial charge in [-0.05, 0) is 31.0 Å². The Morgan fingerprint density at radius 2 is 2.31 bits per heavy atom. The van der Waals surface area contributed by atoms with Gasteiger partial charge in [-0.2, -0.15) is 0 Å². The van der Waals surface area contributed by atoms with Gasteiger partial charge in [0, 0.05) is 16.1 Å². The standard InChI is InChI=1S/C10H10BrNO/c1-6-5-8-7(10(13)12-6)3-2-4-9(8)11/h2-4,6H,5H2,1H3,(H,12,13).